The molecule has 8 bridgehead atoms. The molecule has 0 aromatic carbocycles. The number of carbonyl (C=O) groups is 2. The zero-order valence-electron chi connectivity index (χ0n) is 21.0. The fourth-order valence-electron chi connectivity index (χ4n) is 10.7. The van der Waals surface area contributed by atoms with E-state index in [1.54, 1.807) is 0 Å². The van der Waals surface area contributed by atoms with E-state index in [-0.39, 0.29) is 16.7 Å². The second kappa shape index (κ2) is 7.36. The lowest BCUT2D eigenvalue weighted by Crippen LogP contribution is -2.56. The van der Waals surface area contributed by atoms with Crippen molar-refractivity contribution in [3.8, 4) is 0 Å². The first kappa shape index (κ1) is 21.5. The van der Waals surface area contributed by atoms with Crippen LogP contribution in [-0.2, 0) is 9.59 Å². The minimum atomic E-state index is -0.174. The number of nitrogens with zero attached hydrogens (tertiary/aromatic N) is 2. The standard InChI is InChI=1S/C29H41N3O2/c1-31(26(33)28-12-18-6-19(13-28)8-20(7-18)14-28)24-4-3-5-30-25(24)32(2)27(34)29-15-21-9-22(16-29)11-23(10-21)17-29/h3-4,18-23,30H,5-17H2,1-2H3. The smallest absolute Gasteiger partial charge is 0.234 e. The first-order valence-corrected chi connectivity index (χ1v) is 14.1. The monoisotopic (exact) mass is 463 g/mol. The molecule has 9 rings (SSSR count). The molecule has 34 heavy (non-hydrogen) atoms. The van der Waals surface area contributed by atoms with Crippen molar-refractivity contribution < 1.29 is 9.59 Å². The zero-order valence-corrected chi connectivity index (χ0v) is 21.0. The number of allylic oxidation sites excluding steroid dienone is 1. The van der Waals surface area contributed by atoms with E-state index in [4.69, 9.17) is 0 Å². The Labute approximate surface area is 204 Å². The quantitative estimate of drug-likeness (QED) is 0.660. The van der Waals surface area contributed by atoms with Crippen LogP contribution in [0.2, 0.25) is 0 Å². The number of hydrogen-bond donors (Lipinski definition) is 1. The van der Waals surface area contributed by atoms with Gasteiger partial charge in [-0.2, -0.15) is 0 Å². The summed E-state index contributed by atoms with van der Waals surface area (Å²) >= 11 is 0. The Kier molecular flexibility index (Phi) is 4.66. The van der Waals surface area contributed by atoms with Gasteiger partial charge < -0.3 is 10.2 Å². The van der Waals surface area contributed by atoms with Gasteiger partial charge in [0.1, 0.15) is 5.82 Å². The summed E-state index contributed by atoms with van der Waals surface area (Å²) in [5.41, 5.74) is 0.537. The molecule has 0 spiro atoms. The van der Waals surface area contributed by atoms with Gasteiger partial charge in [0.15, 0.2) is 0 Å². The molecule has 1 aliphatic heterocycles. The lowest BCUT2D eigenvalue weighted by Gasteiger charge is -2.57. The molecule has 8 aliphatic carbocycles. The predicted octanol–water partition coefficient (Wildman–Crippen LogP) is 4.66. The Hall–Kier alpha value is -1.78. The Morgan fingerprint density at radius 1 is 0.706 bits per heavy atom. The molecule has 0 unspecified atom stereocenters. The van der Waals surface area contributed by atoms with Gasteiger partial charge in [0, 0.05) is 20.6 Å². The highest BCUT2D eigenvalue weighted by molar-refractivity contribution is 5.87. The molecule has 0 atom stereocenters. The maximum Gasteiger partial charge on any atom is 0.234 e. The third kappa shape index (κ3) is 3.10. The van der Waals surface area contributed by atoms with Crippen molar-refractivity contribution in [2.75, 3.05) is 20.6 Å². The number of likely N-dealkylation sites (N-methyl/N-ethyl adjacent to an activating group) is 1. The van der Waals surface area contributed by atoms with Crippen molar-refractivity contribution in [3.63, 3.8) is 0 Å². The Morgan fingerprint density at radius 3 is 1.50 bits per heavy atom. The van der Waals surface area contributed by atoms with E-state index in [2.05, 4.69) is 17.5 Å². The average Bonchev–Trinajstić information content (AvgIpc) is 2.80. The largest absolute Gasteiger partial charge is 0.366 e. The summed E-state index contributed by atoms with van der Waals surface area (Å²) in [6.45, 7) is 0.705. The molecule has 0 aromatic rings. The number of nitrogens with one attached hydrogen (secondary N) is 1. The van der Waals surface area contributed by atoms with Crippen LogP contribution in [0, 0.1) is 46.3 Å². The maximum absolute atomic E-state index is 14.1. The Balaban J connectivity index is 1.17. The minimum Gasteiger partial charge on any atom is -0.366 e. The van der Waals surface area contributed by atoms with Crippen LogP contribution in [-0.4, -0.2) is 42.3 Å². The molecule has 5 nitrogen and oxygen atoms in total. The predicted molar refractivity (Wildman–Crippen MR) is 131 cm³/mol. The molecule has 1 heterocycles. The van der Waals surface area contributed by atoms with E-state index < -0.39 is 0 Å². The van der Waals surface area contributed by atoms with Crippen molar-refractivity contribution in [1.29, 1.82) is 0 Å². The van der Waals surface area contributed by atoms with Crippen LogP contribution >= 0.6 is 0 Å². The highest BCUT2D eigenvalue weighted by atomic mass is 16.2. The lowest BCUT2D eigenvalue weighted by atomic mass is 9.49. The molecule has 5 heteroatoms. The summed E-state index contributed by atoms with van der Waals surface area (Å²) in [7, 11) is 3.90. The van der Waals surface area contributed by atoms with Gasteiger partial charge in [-0.15, -0.1) is 0 Å². The third-order valence-electron chi connectivity index (χ3n) is 11.2. The molecule has 0 saturated heterocycles. The lowest BCUT2D eigenvalue weighted by molar-refractivity contribution is -0.156. The molecule has 8 fully saturated rings. The van der Waals surface area contributed by atoms with Crippen molar-refractivity contribution in [2.45, 2.75) is 77.0 Å². The Bertz CT molecular complexity index is 907. The number of dihydropyridines is 1. The summed E-state index contributed by atoms with van der Waals surface area (Å²) in [6.07, 6.45) is 18.6. The van der Waals surface area contributed by atoms with Crippen LogP contribution in [0.1, 0.15) is 77.0 Å². The number of carbonyl (C=O) groups excluding carboxylic acids is 2. The fourth-order valence-corrected chi connectivity index (χ4v) is 10.7. The van der Waals surface area contributed by atoms with Crippen molar-refractivity contribution in [3.05, 3.63) is 23.7 Å². The number of amides is 2. The van der Waals surface area contributed by atoms with Gasteiger partial charge in [0.25, 0.3) is 0 Å². The van der Waals surface area contributed by atoms with Crippen LogP contribution in [0.5, 0.6) is 0 Å². The molecule has 1 N–H and O–H groups in total. The maximum atomic E-state index is 14.1. The summed E-state index contributed by atoms with van der Waals surface area (Å²) in [4.78, 5) is 32.0. The van der Waals surface area contributed by atoms with E-state index in [1.165, 1.54) is 38.5 Å². The van der Waals surface area contributed by atoms with Gasteiger partial charge in [0.2, 0.25) is 11.8 Å². The van der Waals surface area contributed by atoms with Crippen LogP contribution in [0.4, 0.5) is 0 Å². The highest BCUT2D eigenvalue weighted by Gasteiger charge is 2.57. The van der Waals surface area contributed by atoms with E-state index >= 15 is 0 Å². The van der Waals surface area contributed by atoms with Gasteiger partial charge in [0.05, 0.1) is 16.5 Å². The molecule has 0 aromatic heterocycles. The summed E-state index contributed by atoms with van der Waals surface area (Å²) < 4.78 is 0. The SMILES string of the molecule is CN(C(=O)C12CC3CC(CC(C3)C1)C2)C1=C(N(C)C(=O)C23CC4CC(CC(C4)C2)C3)NCC=C1. The van der Waals surface area contributed by atoms with E-state index in [0.717, 1.165) is 85.6 Å². The number of hydrogen-bond acceptors (Lipinski definition) is 3. The molecule has 9 aliphatic rings. The minimum absolute atomic E-state index is 0.171. The van der Waals surface area contributed by atoms with Crippen LogP contribution in [0.25, 0.3) is 0 Å². The first-order valence-electron chi connectivity index (χ1n) is 14.1. The van der Waals surface area contributed by atoms with Gasteiger partial charge in [-0.3, -0.25) is 14.5 Å². The van der Waals surface area contributed by atoms with Gasteiger partial charge >= 0.3 is 0 Å². The molecule has 8 saturated carbocycles. The van der Waals surface area contributed by atoms with Crippen molar-refractivity contribution >= 4 is 11.8 Å². The summed E-state index contributed by atoms with van der Waals surface area (Å²) in [6, 6.07) is 0. The number of rotatable bonds is 4. The van der Waals surface area contributed by atoms with Crippen LogP contribution < -0.4 is 5.32 Å². The van der Waals surface area contributed by atoms with Gasteiger partial charge in [-0.1, -0.05) is 6.08 Å². The first-order chi connectivity index (χ1) is 16.3. The van der Waals surface area contributed by atoms with Crippen molar-refractivity contribution in [2.24, 2.45) is 46.3 Å². The average molecular weight is 464 g/mol. The second-order valence-corrected chi connectivity index (χ2v) is 13.6. The third-order valence-corrected chi connectivity index (χ3v) is 11.2. The van der Waals surface area contributed by atoms with Crippen LogP contribution in [0.3, 0.4) is 0 Å². The Morgan fingerprint density at radius 2 is 1.09 bits per heavy atom. The molecule has 184 valence electrons. The van der Waals surface area contributed by atoms with Gasteiger partial charge in [-0.25, -0.2) is 0 Å². The summed E-state index contributed by atoms with van der Waals surface area (Å²) in [5, 5.41) is 3.50. The van der Waals surface area contributed by atoms with E-state index in [0.29, 0.717) is 12.5 Å². The van der Waals surface area contributed by atoms with Crippen LogP contribution in [0.15, 0.2) is 23.7 Å². The fraction of sp³-hybridized carbons (Fsp3) is 0.793. The topological polar surface area (TPSA) is 52.7 Å². The summed E-state index contributed by atoms with van der Waals surface area (Å²) in [5.74, 6) is 5.90. The highest BCUT2D eigenvalue weighted by Crippen LogP contribution is 2.62. The molecular formula is C29H41N3O2. The van der Waals surface area contributed by atoms with Gasteiger partial charge in [-0.05, 0) is 119 Å². The van der Waals surface area contributed by atoms with E-state index in [9.17, 15) is 9.59 Å². The molecule has 2 amide bonds. The second-order valence-electron chi connectivity index (χ2n) is 13.6. The van der Waals surface area contributed by atoms with Crippen molar-refractivity contribution in [1.82, 2.24) is 15.1 Å². The molecule has 0 radical (unpaired) electrons. The normalized spacial score (nSPS) is 45.5. The van der Waals surface area contributed by atoms with E-state index in [1.807, 2.05) is 23.9 Å². The zero-order chi connectivity index (χ0) is 23.2. The molecular weight excluding hydrogens is 422 g/mol.